The molecule has 7 heteroatoms. The number of hydrogen-bond donors (Lipinski definition) is 1. The molecule has 1 N–H and O–H groups in total. The predicted octanol–water partition coefficient (Wildman–Crippen LogP) is 3.18. The van der Waals surface area contributed by atoms with Crippen molar-refractivity contribution in [3.8, 4) is 11.5 Å². The molecule has 5 rings (SSSR count). The molecule has 4 heterocycles. The number of benzene rings is 1. The van der Waals surface area contributed by atoms with Crippen LogP contribution in [0.3, 0.4) is 0 Å². The van der Waals surface area contributed by atoms with E-state index in [1.54, 1.807) is 0 Å². The molecule has 3 saturated heterocycles. The highest BCUT2D eigenvalue weighted by atomic mass is 16.6. The maximum Gasteiger partial charge on any atom is 0.257 e. The van der Waals surface area contributed by atoms with Gasteiger partial charge in [0.2, 0.25) is 0 Å². The molecule has 0 aromatic heterocycles. The van der Waals surface area contributed by atoms with Crippen LogP contribution in [-0.2, 0) is 9.47 Å². The van der Waals surface area contributed by atoms with Crippen molar-refractivity contribution >= 4 is 5.91 Å². The van der Waals surface area contributed by atoms with Crippen LogP contribution in [0.25, 0.3) is 0 Å². The molecule has 176 valence electrons. The van der Waals surface area contributed by atoms with Crippen molar-refractivity contribution in [3.63, 3.8) is 0 Å². The second-order valence-electron chi connectivity index (χ2n) is 10.7. The van der Waals surface area contributed by atoms with Gasteiger partial charge in [-0.1, -0.05) is 6.07 Å². The monoisotopic (exact) mass is 445 g/mol. The Hall–Kier alpha value is -1.83. The van der Waals surface area contributed by atoms with E-state index in [2.05, 4.69) is 6.92 Å². The molecule has 32 heavy (non-hydrogen) atoms. The lowest BCUT2D eigenvalue weighted by Gasteiger charge is -2.39. The Labute approximate surface area is 190 Å². The minimum atomic E-state index is -0.842. The summed E-state index contributed by atoms with van der Waals surface area (Å²) in [6, 6.07) is 5.53. The summed E-state index contributed by atoms with van der Waals surface area (Å²) in [5.41, 5.74) is -0.522. The maximum absolute atomic E-state index is 13.2. The van der Waals surface area contributed by atoms with Gasteiger partial charge in [0.25, 0.3) is 5.91 Å². The second kappa shape index (κ2) is 7.89. The van der Waals surface area contributed by atoms with Gasteiger partial charge < -0.3 is 29.0 Å². The van der Waals surface area contributed by atoms with Crippen LogP contribution in [0.15, 0.2) is 18.2 Å². The van der Waals surface area contributed by atoms with Crippen molar-refractivity contribution in [2.45, 2.75) is 76.3 Å². The number of para-hydroxylation sites is 1. The van der Waals surface area contributed by atoms with Gasteiger partial charge in [-0.15, -0.1) is 0 Å². The summed E-state index contributed by atoms with van der Waals surface area (Å²) in [6.45, 7) is 8.87. The third-order valence-electron chi connectivity index (χ3n) is 7.90. The molecule has 7 nitrogen and oxygen atoms in total. The SMILES string of the molecule is CC(C)(O)[C@@H]1CC[C@](C)([C@H]2CC3(CCN(C(=O)c4cccc5c4OCCO5)CC3)CO2)O1. The smallest absolute Gasteiger partial charge is 0.257 e. The standard InChI is InChI=1S/C25H35NO6/c1-23(2,28)19-7-8-24(3,32-19)20-15-25(16-31-20)9-11-26(12-10-25)22(27)17-5-4-6-18-21(17)30-14-13-29-18/h4-6,19-20,28H,7-16H2,1-3H3/t19-,20+,24+/m0/s1. The normalized spacial score (nSPS) is 31.8. The topological polar surface area (TPSA) is 77.5 Å². The number of hydrogen-bond acceptors (Lipinski definition) is 6. The fraction of sp³-hybridized carbons (Fsp3) is 0.720. The summed E-state index contributed by atoms with van der Waals surface area (Å²) in [5, 5.41) is 10.4. The van der Waals surface area contributed by atoms with E-state index in [0.29, 0.717) is 50.0 Å². The molecule has 1 spiro atoms. The first-order chi connectivity index (χ1) is 15.2. The molecule has 4 aliphatic rings. The highest BCUT2D eigenvalue weighted by Gasteiger charge is 2.53. The maximum atomic E-state index is 13.2. The van der Waals surface area contributed by atoms with Crippen molar-refractivity contribution in [2.24, 2.45) is 5.41 Å². The number of amides is 1. The van der Waals surface area contributed by atoms with E-state index in [-0.39, 0.29) is 29.1 Å². The Balaban J connectivity index is 1.22. The lowest BCUT2D eigenvalue weighted by atomic mass is 9.74. The van der Waals surface area contributed by atoms with Gasteiger partial charge in [-0.2, -0.15) is 0 Å². The molecule has 0 bridgehead atoms. The number of nitrogens with zero attached hydrogens (tertiary/aromatic N) is 1. The molecule has 1 amide bonds. The van der Waals surface area contributed by atoms with Gasteiger partial charge in [0.05, 0.1) is 35.6 Å². The second-order valence-corrected chi connectivity index (χ2v) is 10.7. The summed E-state index contributed by atoms with van der Waals surface area (Å²) >= 11 is 0. The van der Waals surface area contributed by atoms with Crippen LogP contribution in [0, 0.1) is 5.41 Å². The molecule has 0 saturated carbocycles. The highest BCUT2D eigenvalue weighted by Crippen LogP contribution is 2.49. The van der Waals surface area contributed by atoms with E-state index >= 15 is 0 Å². The van der Waals surface area contributed by atoms with Crippen LogP contribution in [-0.4, -0.2) is 72.2 Å². The van der Waals surface area contributed by atoms with E-state index in [1.165, 1.54) is 0 Å². The van der Waals surface area contributed by atoms with Crippen LogP contribution in [0.4, 0.5) is 0 Å². The number of likely N-dealkylation sites (tertiary alicyclic amines) is 1. The molecular weight excluding hydrogens is 410 g/mol. The Bertz CT molecular complexity index is 872. The van der Waals surface area contributed by atoms with Crippen molar-refractivity contribution < 1.29 is 28.8 Å². The first-order valence-corrected chi connectivity index (χ1v) is 11.9. The van der Waals surface area contributed by atoms with E-state index < -0.39 is 5.60 Å². The number of ether oxygens (including phenoxy) is 4. The number of carbonyl (C=O) groups excluding carboxylic acids is 1. The van der Waals surface area contributed by atoms with Gasteiger partial charge in [0.1, 0.15) is 13.2 Å². The van der Waals surface area contributed by atoms with Crippen LogP contribution in [0.2, 0.25) is 0 Å². The first-order valence-electron chi connectivity index (χ1n) is 11.9. The minimum Gasteiger partial charge on any atom is -0.486 e. The number of carbonyl (C=O) groups is 1. The van der Waals surface area contributed by atoms with Crippen LogP contribution >= 0.6 is 0 Å². The number of rotatable bonds is 3. The van der Waals surface area contributed by atoms with Gasteiger partial charge in [-0.05, 0) is 70.4 Å². The van der Waals surface area contributed by atoms with Gasteiger partial charge >= 0.3 is 0 Å². The number of fused-ring (bicyclic) bond motifs is 1. The Morgan fingerprint density at radius 3 is 2.62 bits per heavy atom. The summed E-state index contributed by atoms with van der Waals surface area (Å²) in [7, 11) is 0. The van der Waals surface area contributed by atoms with Crippen molar-refractivity contribution in [2.75, 3.05) is 32.9 Å². The Kier molecular flexibility index (Phi) is 5.42. The first kappa shape index (κ1) is 22.0. The van der Waals surface area contributed by atoms with Crippen molar-refractivity contribution in [3.05, 3.63) is 23.8 Å². The average Bonchev–Trinajstić information content (AvgIpc) is 3.39. The van der Waals surface area contributed by atoms with Crippen LogP contribution < -0.4 is 9.47 Å². The Morgan fingerprint density at radius 1 is 1.16 bits per heavy atom. The zero-order chi connectivity index (χ0) is 22.6. The van der Waals surface area contributed by atoms with Crippen molar-refractivity contribution in [1.82, 2.24) is 4.90 Å². The predicted molar refractivity (Wildman–Crippen MR) is 118 cm³/mol. The summed E-state index contributed by atoms with van der Waals surface area (Å²) in [5.74, 6) is 1.23. The van der Waals surface area contributed by atoms with E-state index in [9.17, 15) is 9.90 Å². The van der Waals surface area contributed by atoms with E-state index in [1.807, 2.05) is 36.9 Å². The molecule has 3 fully saturated rings. The van der Waals surface area contributed by atoms with Crippen molar-refractivity contribution in [1.29, 1.82) is 0 Å². The fourth-order valence-electron chi connectivity index (χ4n) is 5.72. The molecule has 0 aliphatic carbocycles. The lowest BCUT2D eigenvalue weighted by Crippen LogP contribution is -2.45. The summed E-state index contributed by atoms with van der Waals surface area (Å²) < 4.78 is 24.0. The molecule has 4 aliphatic heterocycles. The molecular formula is C25H35NO6. The highest BCUT2D eigenvalue weighted by molar-refractivity contribution is 5.98. The van der Waals surface area contributed by atoms with Crippen LogP contribution in [0.1, 0.15) is 63.2 Å². The van der Waals surface area contributed by atoms with Crippen LogP contribution in [0.5, 0.6) is 11.5 Å². The zero-order valence-electron chi connectivity index (χ0n) is 19.4. The zero-order valence-corrected chi connectivity index (χ0v) is 19.4. The third kappa shape index (κ3) is 3.88. The van der Waals surface area contributed by atoms with Gasteiger partial charge in [-0.25, -0.2) is 0 Å². The number of aliphatic hydroxyl groups is 1. The molecule has 1 aromatic rings. The molecule has 3 atom stereocenters. The number of piperidine rings is 1. The quantitative estimate of drug-likeness (QED) is 0.770. The van der Waals surface area contributed by atoms with Gasteiger partial charge in [-0.3, -0.25) is 4.79 Å². The third-order valence-corrected chi connectivity index (χ3v) is 7.90. The fourth-order valence-corrected chi connectivity index (χ4v) is 5.72. The summed E-state index contributed by atoms with van der Waals surface area (Å²) in [6.07, 6.45) is 4.41. The largest absolute Gasteiger partial charge is 0.486 e. The lowest BCUT2D eigenvalue weighted by molar-refractivity contribution is -0.155. The van der Waals surface area contributed by atoms with E-state index in [0.717, 1.165) is 32.1 Å². The molecule has 0 unspecified atom stereocenters. The van der Waals surface area contributed by atoms with Gasteiger partial charge in [0.15, 0.2) is 11.5 Å². The van der Waals surface area contributed by atoms with E-state index in [4.69, 9.17) is 18.9 Å². The average molecular weight is 446 g/mol. The Morgan fingerprint density at radius 2 is 1.91 bits per heavy atom. The molecule has 1 aromatic carbocycles. The summed E-state index contributed by atoms with van der Waals surface area (Å²) in [4.78, 5) is 15.2. The molecule has 0 radical (unpaired) electrons. The minimum absolute atomic E-state index is 0.0109. The van der Waals surface area contributed by atoms with Gasteiger partial charge in [0, 0.05) is 13.1 Å².